The van der Waals surface area contributed by atoms with E-state index in [2.05, 4.69) is 9.97 Å². The number of aromatic nitrogens is 2. The van der Waals surface area contributed by atoms with Crippen LogP contribution in [0.25, 0.3) is 11.1 Å². The maximum Gasteiger partial charge on any atom is 0.340 e. The SMILES string of the molecule is COc1cnc(Cl)cc1-c1cc(C)ncc1C(=O)OCc1ccccc1. The summed E-state index contributed by atoms with van der Waals surface area (Å²) < 4.78 is 10.8. The molecule has 0 amide bonds. The molecule has 0 aliphatic rings. The van der Waals surface area contributed by atoms with E-state index >= 15 is 0 Å². The van der Waals surface area contributed by atoms with Crippen molar-refractivity contribution < 1.29 is 14.3 Å². The molecule has 0 aliphatic carbocycles. The highest BCUT2D eigenvalue weighted by molar-refractivity contribution is 6.29. The van der Waals surface area contributed by atoms with Gasteiger partial charge in [-0.25, -0.2) is 9.78 Å². The lowest BCUT2D eigenvalue weighted by molar-refractivity contribution is 0.0473. The minimum Gasteiger partial charge on any atom is -0.494 e. The maximum absolute atomic E-state index is 12.7. The Morgan fingerprint density at radius 1 is 1.08 bits per heavy atom. The lowest BCUT2D eigenvalue weighted by Crippen LogP contribution is -2.08. The van der Waals surface area contributed by atoms with Gasteiger partial charge in [-0.15, -0.1) is 0 Å². The second-order valence-corrected chi connectivity index (χ2v) is 6.03. The molecule has 0 atom stereocenters. The summed E-state index contributed by atoms with van der Waals surface area (Å²) in [6.07, 6.45) is 3.03. The fourth-order valence-electron chi connectivity index (χ4n) is 2.54. The van der Waals surface area contributed by atoms with Crippen LogP contribution in [0.2, 0.25) is 5.15 Å². The third kappa shape index (κ3) is 4.00. The normalized spacial score (nSPS) is 10.4. The minimum atomic E-state index is -0.466. The van der Waals surface area contributed by atoms with Crippen LogP contribution in [0.3, 0.4) is 0 Å². The van der Waals surface area contributed by atoms with Crippen molar-refractivity contribution in [1.29, 1.82) is 0 Å². The van der Waals surface area contributed by atoms with Gasteiger partial charge in [-0.1, -0.05) is 41.9 Å². The zero-order chi connectivity index (χ0) is 18.5. The van der Waals surface area contributed by atoms with Gasteiger partial charge in [-0.2, -0.15) is 0 Å². The number of aryl methyl sites for hydroxylation is 1. The van der Waals surface area contributed by atoms with Crippen LogP contribution >= 0.6 is 11.6 Å². The van der Waals surface area contributed by atoms with Gasteiger partial charge in [0.2, 0.25) is 0 Å². The van der Waals surface area contributed by atoms with Crippen LogP contribution in [0.1, 0.15) is 21.6 Å². The molecule has 0 aliphatic heterocycles. The average Bonchev–Trinajstić information content (AvgIpc) is 2.67. The number of esters is 1. The predicted octanol–water partition coefficient (Wildman–Crippen LogP) is 4.47. The van der Waals surface area contributed by atoms with Gasteiger partial charge in [-0.3, -0.25) is 4.98 Å². The number of methoxy groups -OCH3 is 1. The van der Waals surface area contributed by atoms with Crippen molar-refractivity contribution in [2.75, 3.05) is 7.11 Å². The van der Waals surface area contributed by atoms with E-state index in [1.807, 2.05) is 37.3 Å². The number of carbonyl (C=O) groups excluding carboxylic acids is 1. The number of pyridine rings is 2. The number of rotatable bonds is 5. The van der Waals surface area contributed by atoms with Gasteiger partial charge in [0.1, 0.15) is 17.5 Å². The summed E-state index contributed by atoms with van der Waals surface area (Å²) in [5.74, 6) is 0.0449. The number of halogens is 1. The molecule has 0 saturated heterocycles. The first kappa shape index (κ1) is 17.9. The molecule has 2 heterocycles. The fraction of sp³-hybridized carbons (Fsp3) is 0.150. The number of hydrogen-bond acceptors (Lipinski definition) is 5. The standard InChI is InChI=1S/C20H17ClN2O3/c1-13-8-15(16-9-19(21)23-11-18(16)25-2)17(10-22-13)20(24)26-12-14-6-4-3-5-7-14/h3-11H,12H2,1-2H3. The molecule has 0 radical (unpaired) electrons. The molecular weight excluding hydrogens is 352 g/mol. The molecule has 0 unspecified atom stereocenters. The molecule has 132 valence electrons. The Kier molecular flexibility index (Phi) is 5.49. The first-order chi connectivity index (χ1) is 12.6. The molecule has 0 N–H and O–H groups in total. The molecule has 0 saturated carbocycles. The Morgan fingerprint density at radius 2 is 1.85 bits per heavy atom. The van der Waals surface area contributed by atoms with E-state index < -0.39 is 5.97 Å². The summed E-state index contributed by atoms with van der Waals surface area (Å²) in [6.45, 7) is 2.03. The first-order valence-corrected chi connectivity index (χ1v) is 8.34. The van der Waals surface area contributed by atoms with Gasteiger partial charge in [0.15, 0.2) is 0 Å². The topological polar surface area (TPSA) is 61.3 Å². The Morgan fingerprint density at radius 3 is 2.58 bits per heavy atom. The average molecular weight is 369 g/mol. The van der Waals surface area contributed by atoms with Crippen molar-refractivity contribution in [3.05, 3.63) is 76.8 Å². The molecule has 6 heteroatoms. The number of nitrogens with zero attached hydrogens (tertiary/aromatic N) is 2. The highest BCUT2D eigenvalue weighted by Crippen LogP contribution is 2.34. The van der Waals surface area contributed by atoms with Crippen LogP contribution in [0.4, 0.5) is 0 Å². The molecule has 1 aromatic carbocycles. The van der Waals surface area contributed by atoms with Gasteiger partial charge in [0, 0.05) is 23.0 Å². The van der Waals surface area contributed by atoms with Crippen molar-refractivity contribution in [1.82, 2.24) is 9.97 Å². The summed E-state index contributed by atoms with van der Waals surface area (Å²) >= 11 is 6.04. The molecule has 26 heavy (non-hydrogen) atoms. The van der Waals surface area contributed by atoms with Crippen molar-refractivity contribution in [2.45, 2.75) is 13.5 Å². The highest BCUT2D eigenvalue weighted by Gasteiger charge is 2.19. The zero-order valence-electron chi connectivity index (χ0n) is 14.4. The summed E-state index contributed by atoms with van der Waals surface area (Å²) in [5, 5.41) is 0.305. The molecule has 0 fully saturated rings. The Bertz CT molecular complexity index is 930. The number of carbonyl (C=O) groups is 1. The molecule has 3 aromatic rings. The summed E-state index contributed by atoms with van der Waals surface area (Å²) in [7, 11) is 1.54. The van der Waals surface area contributed by atoms with Crippen LogP contribution in [0.5, 0.6) is 5.75 Å². The Hall–Kier alpha value is -2.92. The van der Waals surface area contributed by atoms with Crippen molar-refractivity contribution in [3.8, 4) is 16.9 Å². The van der Waals surface area contributed by atoms with E-state index in [4.69, 9.17) is 21.1 Å². The highest BCUT2D eigenvalue weighted by atomic mass is 35.5. The van der Waals surface area contributed by atoms with Gasteiger partial charge in [0.25, 0.3) is 0 Å². The third-order valence-corrected chi connectivity index (χ3v) is 4.02. The lowest BCUT2D eigenvalue weighted by Gasteiger charge is -2.13. The second kappa shape index (κ2) is 7.97. The van der Waals surface area contributed by atoms with Crippen LogP contribution in [0.15, 0.2) is 54.9 Å². The van der Waals surface area contributed by atoms with Crippen LogP contribution in [-0.4, -0.2) is 23.0 Å². The molecule has 0 spiro atoms. The molecule has 3 rings (SSSR count). The molecule has 5 nitrogen and oxygen atoms in total. The van der Waals surface area contributed by atoms with E-state index in [-0.39, 0.29) is 6.61 Å². The lowest BCUT2D eigenvalue weighted by atomic mass is 10.0. The van der Waals surface area contributed by atoms with Crippen molar-refractivity contribution in [3.63, 3.8) is 0 Å². The second-order valence-electron chi connectivity index (χ2n) is 5.64. The van der Waals surface area contributed by atoms with E-state index in [1.165, 1.54) is 19.5 Å². The third-order valence-electron chi connectivity index (χ3n) is 3.82. The maximum atomic E-state index is 12.7. The summed E-state index contributed by atoms with van der Waals surface area (Å²) in [6, 6.07) is 12.9. The smallest absolute Gasteiger partial charge is 0.340 e. The summed E-state index contributed by atoms with van der Waals surface area (Å²) in [5.41, 5.74) is 3.30. The molecule has 0 bridgehead atoms. The van der Waals surface area contributed by atoms with Gasteiger partial charge in [-0.05, 0) is 24.6 Å². The molecular formula is C20H17ClN2O3. The molecule has 2 aromatic heterocycles. The van der Waals surface area contributed by atoms with Gasteiger partial charge < -0.3 is 9.47 Å². The Labute approximate surface area is 156 Å². The fourth-order valence-corrected chi connectivity index (χ4v) is 2.69. The van der Waals surface area contributed by atoms with Crippen LogP contribution in [-0.2, 0) is 11.3 Å². The number of benzene rings is 1. The Balaban J connectivity index is 1.96. The first-order valence-electron chi connectivity index (χ1n) is 7.96. The number of hydrogen-bond donors (Lipinski definition) is 0. The zero-order valence-corrected chi connectivity index (χ0v) is 15.2. The quantitative estimate of drug-likeness (QED) is 0.491. The monoisotopic (exact) mass is 368 g/mol. The predicted molar refractivity (Wildman–Crippen MR) is 99.3 cm³/mol. The van der Waals surface area contributed by atoms with Gasteiger partial charge >= 0.3 is 5.97 Å². The van der Waals surface area contributed by atoms with Crippen molar-refractivity contribution in [2.24, 2.45) is 0 Å². The van der Waals surface area contributed by atoms with E-state index in [9.17, 15) is 4.79 Å². The largest absolute Gasteiger partial charge is 0.494 e. The minimum absolute atomic E-state index is 0.182. The van der Waals surface area contributed by atoms with Crippen molar-refractivity contribution >= 4 is 17.6 Å². The van der Waals surface area contributed by atoms with E-state index in [0.29, 0.717) is 27.6 Å². The van der Waals surface area contributed by atoms with Crippen LogP contribution in [0, 0.1) is 6.92 Å². The summed E-state index contributed by atoms with van der Waals surface area (Å²) in [4.78, 5) is 20.9. The van der Waals surface area contributed by atoms with Crippen LogP contribution < -0.4 is 4.74 Å². The van der Waals surface area contributed by atoms with E-state index in [1.54, 1.807) is 12.1 Å². The number of ether oxygens (including phenoxy) is 2. The van der Waals surface area contributed by atoms with Gasteiger partial charge in [0.05, 0.1) is 18.9 Å². The van der Waals surface area contributed by atoms with E-state index in [0.717, 1.165) is 11.3 Å².